The monoisotopic (exact) mass is 235 g/mol. The second kappa shape index (κ2) is 4.52. The molecule has 0 aromatic heterocycles. The highest BCUT2D eigenvalue weighted by molar-refractivity contribution is 5.61. The van der Waals surface area contributed by atoms with Crippen LogP contribution in [0.15, 0.2) is 24.8 Å². The summed E-state index contributed by atoms with van der Waals surface area (Å²) in [5.74, 6) is -1.34. The Kier molecular flexibility index (Phi) is 3.54. The summed E-state index contributed by atoms with van der Waals surface area (Å²) in [7, 11) is 1.31. The number of hydrogen-bond donors (Lipinski definition) is 1. The van der Waals surface area contributed by atoms with Gasteiger partial charge in [-0.2, -0.15) is 13.2 Å². The zero-order chi connectivity index (χ0) is 12.3. The van der Waals surface area contributed by atoms with Crippen molar-refractivity contribution >= 4 is 5.70 Å². The Morgan fingerprint density at radius 3 is 2.44 bits per heavy atom. The van der Waals surface area contributed by atoms with E-state index in [1.807, 2.05) is 0 Å². The Balaban J connectivity index is 3.05. The fraction of sp³-hybridized carbons (Fsp3) is 0.200. The molecular weight excluding hydrogens is 226 g/mol. The van der Waals surface area contributed by atoms with Gasteiger partial charge in [-0.05, 0) is 12.1 Å². The maximum atomic E-state index is 13.1. The minimum absolute atomic E-state index is 0.176. The van der Waals surface area contributed by atoms with Gasteiger partial charge in [0, 0.05) is 5.56 Å². The first-order chi connectivity index (χ1) is 7.36. The molecule has 0 saturated heterocycles. The van der Waals surface area contributed by atoms with Gasteiger partial charge in [-0.1, -0.05) is 12.6 Å². The van der Waals surface area contributed by atoms with Gasteiger partial charge in [-0.25, -0.2) is 4.39 Å². The van der Waals surface area contributed by atoms with E-state index in [-0.39, 0.29) is 11.3 Å². The van der Waals surface area contributed by atoms with Gasteiger partial charge >= 0.3 is 6.18 Å². The Bertz CT molecular complexity index is 400. The van der Waals surface area contributed by atoms with Crippen LogP contribution in [0.1, 0.15) is 11.1 Å². The zero-order valence-corrected chi connectivity index (χ0v) is 8.36. The van der Waals surface area contributed by atoms with Crippen LogP contribution in [-0.4, -0.2) is 7.11 Å². The molecule has 1 N–H and O–H groups in total. The lowest BCUT2D eigenvalue weighted by atomic mass is 10.1. The average Bonchev–Trinajstić information content (AvgIpc) is 2.16. The van der Waals surface area contributed by atoms with Crippen LogP contribution in [0.4, 0.5) is 17.6 Å². The second-order valence-corrected chi connectivity index (χ2v) is 2.98. The third-order valence-electron chi connectivity index (χ3n) is 1.85. The van der Waals surface area contributed by atoms with E-state index in [4.69, 9.17) is 0 Å². The number of hydrogen-bond acceptors (Lipinski definition) is 2. The minimum atomic E-state index is -4.70. The Morgan fingerprint density at radius 1 is 1.38 bits per heavy atom. The molecule has 1 rings (SSSR count). The molecule has 2 nitrogen and oxygen atoms in total. The van der Waals surface area contributed by atoms with Crippen LogP contribution in [0.3, 0.4) is 0 Å². The van der Waals surface area contributed by atoms with Gasteiger partial charge in [0.25, 0.3) is 0 Å². The molecular formula is C10H9F4NO. The van der Waals surface area contributed by atoms with Crippen molar-refractivity contribution in [3.05, 3.63) is 41.7 Å². The van der Waals surface area contributed by atoms with Gasteiger partial charge in [0.05, 0.1) is 18.4 Å². The molecule has 0 heterocycles. The van der Waals surface area contributed by atoms with E-state index in [1.54, 1.807) is 0 Å². The van der Waals surface area contributed by atoms with E-state index in [9.17, 15) is 17.6 Å². The average molecular weight is 235 g/mol. The molecule has 0 saturated carbocycles. The van der Waals surface area contributed by atoms with E-state index in [2.05, 4.69) is 16.9 Å². The molecule has 1 aromatic rings. The van der Waals surface area contributed by atoms with Crippen molar-refractivity contribution in [2.45, 2.75) is 6.18 Å². The topological polar surface area (TPSA) is 21.3 Å². The quantitative estimate of drug-likeness (QED) is 0.642. The van der Waals surface area contributed by atoms with Gasteiger partial charge in [-0.15, -0.1) is 0 Å². The van der Waals surface area contributed by atoms with E-state index in [0.717, 1.165) is 12.1 Å². The Hall–Kier alpha value is -1.56. The van der Waals surface area contributed by atoms with Crippen LogP contribution >= 0.6 is 0 Å². The summed E-state index contributed by atoms with van der Waals surface area (Å²) in [6.07, 6.45) is -4.70. The summed E-state index contributed by atoms with van der Waals surface area (Å²) >= 11 is 0. The molecule has 0 bridgehead atoms. The molecule has 6 heteroatoms. The van der Waals surface area contributed by atoms with Crippen LogP contribution in [0.5, 0.6) is 0 Å². The smallest absolute Gasteiger partial charge is 0.279 e. The normalized spacial score (nSPS) is 11.3. The lowest BCUT2D eigenvalue weighted by Gasteiger charge is -2.11. The third-order valence-corrected chi connectivity index (χ3v) is 1.85. The molecule has 16 heavy (non-hydrogen) atoms. The molecule has 0 spiro atoms. The SMILES string of the molecule is C=C(NOC)c1ccc(C(F)(F)F)c(F)c1. The van der Waals surface area contributed by atoms with E-state index >= 15 is 0 Å². The summed E-state index contributed by atoms with van der Waals surface area (Å²) < 4.78 is 49.8. The molecule has 0 aliphatic rings. The number of benzene rings is 1. The Morgan fingerprint density at radius 2 is 2.00 bits per heavy atom. The van der Waals surface area contributed by atoms with Gasteiger partial charge in [0.1, 0.15) is 5.82 Å². The maximum absolute atomic E-state index is 13.1. The Labute approximate surface area is 89.5 Å². The molecule has 0 aliphatic carbocycles. The van der Waals surface area contributed by atoms with Gasteiger partial charge in [-0.3, -0.25) is 10.3 Å². The summed E-state index contributed by atoms with van der Waals surface area (Å²) in [6.45, 7) is 3.46. The number of alkyl halides is 3. The van der Waals surface area contributed by atoms with Crippen molar-refractivity contribution in [3.8, 4) is 0 Å². The van der Waals surface area contributed by atoms with Gasteiger partial charge in [0.2, 0.25) is 0 Å². The summed E-state index contributed by atoms with van der Waals surface area (Å²) in [4.78, 5) is 4.50. The zero-order valence-electron chi connectivity index (χ0n) is 8.36. The van der Waals surface area contributed by atoms with Gasteiger partial charge < -0.3 is 0 Å². The predicted molar refractivity (Wildman–Crippen MR) is 50.6 cm³/mol. The molecule has 0 unspecified atom stereocenters. The second-order valence-electron chi connectivity index (χ2n) is 2.98. The third kappa shape index (κ3) is 2.73. The molecule has 0 fully saturated rings. The lowest BCUT2D eigenvalue weighted by Crippen LogP contribution is -2.11. The van der Waals surface area contributed by atoms with Crippen molar-refractivity contribution in [1.82, 2.24) is 5.48 Å². The number of hydroxylamine groups is 1. The first-order valence-corrected chi connectivity index (χ1v) is 4.21. The molecule has 1 aromatic carbocycles. The summed E-state index contributed by atoms with van der Waals surface area (Å²) in [5, 5.41) is 0. The fourth-order valence-electron chi connectivity index (χ4n) is 1.11. The van der Waals surface area contributed by atoms with Gasteiger partial charge in [0.15, 0.2) is 0 Å². The number of nitrogens with one attached hydrogen (secondary N) is 1. The number of halogens is 4. The van der Waals surface area contributed by atoms with Crippen LogP contribution in [-0.2, 0) is 11.0 Å². The van der Waals surface area contributed by atoms with Crippen LogP contribution in [0.2, 0.25) is 0 Å². The van der Waals surface area contributed by atoms with Crippen LogP contribution < -0.4 is 5.48 Å². The van der Waals surface area contributed by atoms with E-state index in [0.29, 0.717) is 6.07 Å². The molecule has 0 radical (unpaired) electrons. The summed E-state index contributed by atoms with van der Waals surface area (Å²) in [5.41, 5.74) is 1.36. The van der Waals surface area contributed by atoms with Crippen molar-refractivity contribution in [2.24, 2.45) is 0 Å². The molecule has 0 atom stereocenters. The van der Waals surface area contributed by atoms with Crippen LogP contribution in [0, 0.1) is 5.82 Å². The van der Waals surface area contributed by atoms with Crippen molar-refractivity contribution in [3.63, 3.8) is 0 Å². The fourth-order valence-corrected chi connectivity index (χ4v) is 1.11. The molecule has 0 amide bonds. The largest absolute Gasteiger partial charge is 0.419 e. The first kappa shape index (κ1) is 12.5. The van der Waals surface area contributed by atoms with E-state index < -0.39 is 17.6 Å². The number of rotatable bonds is 3. The highest BCUT2D eigenvalue weighted by Crippen LogP contribution is 2.32. The van der Waals surface area contributed by atoms with Crippen molar-refractivity contribution < 1.29 is 22.4 Å². The highest BCUT2D eigenvalue weighted by Gasteiger charge is 2.33. The predicted octanol–water partition coefficient (Wildman–Crippen LogP) is 2.97. The van der Waals surface area contributed by atoms with Crippen molar-refractivity contribution in [2.75, 3.05) is 7.11 Å². The lowest BCUT2D eigenvalue weighted by molar-refractivity contribution is -0.140. The summed E-state index contributed by atoms with van der Waals surface area (Å²) in [6, 6.07) is 2.52. The molecule has 0 aliphatic heterocycles. The van der Waals surface area contributed by atoms with E-state index in [1.165, 1.54) is 7.11 Å². The highest BCUT2D eigenvalue weighted by atomic mass is 19.4. The maximum Gasteiger partial charge on any atom is 0.419 e. The standard InChI is InChI=1S/C10H9F4NO/c1-6(15-16-2)7-3-4-8(9(11)5-7)10(12,13)14/h3-5,15H,1H2,2H3. The molecule has 88 valence electrons. The van der Waals surface area contributed by atoms with Crippen LogP contribution in [0.25, 0.3) is 5.70 Å². The van der Waals surface area contributed by atoms with Crippen molar-refractivity contribution in [1.29, 1.82) is 0 Å². The minimum Gasteiger partial charge on any atom is -0.279 e. The first-order valence-electron chi connectivity index (χ1n) is 4.21.